The number of carbonyl (C=O) groups excluding carboxylic acids is 1. The molecule has 18 heavy (non-hydrogen) atoms. The van der Waals surface area contributed by atoms with Crippen LogP contribution in [-0.2, 0) is 24.0 Å². The summed E-state index contributed by atoms with van der Waals surface area (Å²) in [4.78, 5) is 21.7. The molecule has 0 aliphatic heterocycles. The topological polar surface area (TPSA) is 54.0 Å². The van der Waals surface area contributed by atoms with E-state index in [9.17, 15) is 4.79 Å². The van der Waals surface area contributed by atoms with Gasteiger partial charge in [0.1, 0.15) is 6.10 Å². The summed E-state index contributed by atoms with van der Waals surface area (Å²) in [5.41, 5.74) is -0.0275. The molecule has 0 amide bonds. The van der Waals surface area contributed by atoms with Crippen LogP contribution in [0.3, 0.4) is 0 Å². The first-order chi connectivity index (χ1) is 8.23. The van der Waals surface area contributed by atoms with E-state index in [-0.39, 0.29) is 11.0 Å². The normalized spacial score (nSPS) is 15.0. The summed E-state index contributed by atoms with van der Waals surface area (Å²) in [5.74, 6) is -0.488. The second-order valence-electron chi connectivity index (χ2n) is 5.01. The summed E-state index contributed by atoms with van der Waals surface area (Å²) in [6.45, 7) is 13.2. The van der Waals surface area contributed by atoms with E-state index < -0.39 is 18.4 Å². The second kappa shape index (κ2) is 7.51. The zero-order valence-electron chi connectivity index (χ0n) is 12.1. The van der Waals surface area contributed by atoms with E-state index >= 15 is 0 Å². The molecule has 0 bridgehead atoms. The fraction of sp³-hybridized carbons (Fsp3) is 0.769. The molecule has 2 unspecified atom stereocenters. The SMILES string of the molecule is C=C(C(=O)OCC)C(C)OOC(OC)C(C)(C)C. The maximum absolute atomic E-state index is 11.4. The molecule has 2 atom stereocenters. The number of rotatable bonds is 7. The van der Waals surface area contributed by atoms with Crippen molar-refractivity contribution in [3.63, 3.8) is 0 Å². The summed E-state index contributed by atoms with van der Waals surface area (Å²) in [6.07, 6.45) is -1.13. The van der Waals surface area contributed by atoms with Gasteiger partial charge in [-0.15, -0.1) is 0 Å². The van der Waals surface area contributed by atoms with Crippen LogP contribution >= 0.6 is 0 Å². The first kappa shape index (κ1) is 17.1. The van der Waals surface area contributed by atoms with Gasteiger partial charge >= 0.3 is 5.97 Å². The Morgan fingerprint density at radius 1 is 1.28 bits per heavy atom. The highest BCUT2D eigenvalue weighted by atomic mass is 17.2. The van der Waals surface area contributed by atoms with Crippen molar-refractivity contribution >= 4 is 5.97 Å². The molecule has 0 radical (unpaired) electrons. The van der Waals surface area contributed by atoms with Gasteiger partial charge in [-0.2, -0.15) is 0 Å². The van der Waals surface area contributed by atoms with Gasteiger partial charge in [0.25, 0.3) is 0 Å². The van der Waals surface area contributed by atoms with Crippen molar-refractivity contribution in [2.45, 2.75) is 47.0 Å². The number of esters is 1. The van der Waals surface area contributed by atoms with E-state index in [2.05, 4.69) is 6.58 Å². The van der Waals surface area contributed by atoms with E-state index in [1.807, 2.05) is 20.8 Å². The number of carbonyl (C=O) groups is 1. The predicted octanol–water partition coefficient (Wildman–Crippen LogP) is 2.46. The molecule has 0 aromatic carbocycles. The Bertz CT molecular complexity index is 280. The number of methoxy groups -OCH3 is 1. The van der Waals surface area contributed by atoms with Crippen molar-refractivity contribution < 1.29 is 24.0 Å². The third-order valence-electron chi connectivity index (χ3n) is 2.24. The third kappa shape index (κ3) is 5.62. The summed E-state index contributed by atoms with van der Waals surface area (Å²) in [5, 5.41) is 0. The van der Waals surface area contributed by atoms with Crippen molar-refractivity contribution in [2.24, 2.45) is 5.41 Å². The van der Waals surface area contributed by atoms with Crippen LogP contribution in [0, 0.1) is 5.41 Å². The van der Waals surface area contributed by atoms with Gasteiger partial charge in [0, 0.05) is 12.5 Å². The van der Waals surface area contributed by atoms with Crippen LogP contribution in [0.15, 0.2) is 12.2 Å². The van der Waals surface area contributed by atoms with Gasteiger partial charge in [0.15, 0.2) is 6.29 Å². The summed E-state index contributed by atoms with van der Waals surface area (Å²) < 4.78 is 9.98. The van der Waals surface area contributed by atoms with E-state index in [4.69, 9.17) is 19.2 Å². The van der Waals surface area contributed by atoms with Gasteiger partial charge in [0.05, 0.1) is 12.2 Å². The van der Waals surface area contributed by atoms with E-state index in [0.29, 0.717) is 6.61 Å². The van der Waals surface area contributed by atoms with Gasteiger partial charge in [0.2, 0.25) is 0 Å². The van der Waals surface area contributed by atoms with Crippen LogP contribution in [-0.4, -0.2) is 32.1 Å². The summed E-state index contributed by atoms with van der Waals surface area (Å²) in [6, 6.07) is 0. The van der Waals surface area contributed by atoms with Gasteiger partial charge in [-0.25, -0.2) is 14.6 Å². The molecule has 0 heterocycles. The first-order valence-electron chi connectivity index (χ1n) is 5.94. The average molecular weight is 260 g/mol. The smallest absolute Gasteiger partial charge is 0.336 e. The molecule has 0 N–H and O–H groups in total. The fourth-order valence-electron chi connectivity index (χ4n) is 1.12. The monoisotopic (exact) mass is 260 g/mol. The lowest BCUT2D eigenvalue weighted by atomic mass is 9.96. The first-order valence-corrected chi connectivity index (χ1v) is 5.94. The van der Waals surface area contributed by atoms with Gasteiger partial charge < -0.3 is 9.47 Å². The van der Waals surface area contributed by atoms with E-state index in [1.54, 1.807) is 13.8 Å². The molecule has 0 aromatic rings. The van der Waals surface area contributed by atoms with Crippen LogP contribution in [0.1, 0.15) is 34.6 Å². The summed E-state index contributed by atoms with van der Waals surface area (Å²) >= 11 is 0. The lowest BCUT2D eigenvalue weighted by Crippen LogP contribution is -2.33. The van der Waals surface area contributed by atoms with Crippen molar-refractivity contribution in [1.29, 1.82) is 0 Å². The molecule has 0 fully saturated rings. The Balaban J connectivity index is 4.28. The van der Waals surface area contributed by atoms with E-state index in [1.165, 1.54) is 7.11 Å². The van der Waals surface area contributed by atoms with Crippen molar-refractivity contribution in [3.8, 4) is 0 Å². The minimum Gasteiger partial charge on any atom is -0.463 e. The Morgan fingerprint density at radius 3 is 2.22 bits per heavy atom. The fourth-order valence-corrected chi connectivity index (χ4v) is 1.12. The molecule has 0 spiro atoms. The largest absolute Gasteiger partial charge is 0.463 e. The van der Waals surface area contributed by atoms with Crippen molar-refractivity contribution in [3.05, 3.63) is 12.2 Å². The number of hydrogen-bond donors (Lipinski definition) is 0. The molecule has 0 aliphatic rings. The van der Waals surface area contributed by atoms with E-state index in [0.717, 1.165) is 0 Å². The van der Waals surface area contributed by atoms with Gasteiger partial charge in [-0.05, 0) is 13.8 Å². The quantitative estimate of drug-likeness (QED) is 0.231. The Kier molecular flexibility index (Phi) is 7.13. The number of ether oxygens (including phenoxy) is 2. The molecular weight excluding hydrogens is 236 g/mol. The maximum Gasteiger partial charge on any atom is 0.336 e. The Hall–Kier alpha value is -0.910. The highest BCUT2D eigenvalue weighted by Gasteiger charge is 2.28. The highest BCUT2D eigenvalue weighted by molar-refractivity contribution is 5.88. The Labute approximate surface area is 109 Å². The summed E-state index contributed by atoms with van der Waals surface area (Å²) in [7, 11) is 1.53. The number of hydrogen-bond acceptors (Lipinski definition) is 5. The molecule has 106 valence electrons. The molecule has 0 rings (SSSR count). The van der Waals surface area contributed by atoms with Crippen molar-refractivity contribution in [2.75, 3.05) is 13.7 Å². The zero-order chi connectivity index (χ0) is 14.3. The molecule has 0 saturated carbocycles. The standard InChI is InChI=1S/C13H24O5/c1-8-16-11(14)9(2)10(3)17-18-12(15-7)13(4,5)6/h10,12H,2,8H2,1,3-7H3. The van der Waals surface area contributed by atoms with Crippen LogP contribution < -0.4 is 0 Å². The minimum absolute atomic E-state index is 0.209. The maximum atomic E-state index is 11.4. The van der Waals surface area contributed by atoms with Crippen LogP contribution in [0.2, 0.25) is 0 Å². The third-order valence-corrected chi connectivity index (χ3v) is 2.24. The molecule has 5 nitrogen and oxygen atoms in total. The van der Waals surface area contributed by atoms with Crippen LogP contribution in [0.4, 0.5) is 0 Å². The van der Waals surface area contributed by atoms with Crippen LogP contribution in [0.25, 0.3) is 0 Å². The van der Waals surface area contributed by atoms with Crippen molar-refractivity contribution in [1.82, 2.24) is 0 Å². The molecule has 0 saturated heterocycles. The lowest BCUT2D eigenvalue weighted by molar-refractivity contribution is -0.406. The molecule has 0 aromatic heterocycles. The zero-order valence-corrected chi connectivity index (χ0v) is 12.1. The second-order valence-corrected chi connectivity index (χ2v) is 5.01. The van der Waals surface area contributed by atoms with Crippen LogP contribution in [0.5, 0.6) is 0 Å². The molecule has 0 aliphatic carbocycles. The predicted molar refractivity (Wildman–Crippen MR) is 67.7 cm³/mol. The lowest BCUT2D eigenvalue weighted by Gasteiger charge is -2.28. The molecule has 5 heteroatoms. The van der Waals surface area contributed by atoms with Gasteiger partial charge in [-0.3, -0.25) is 0 Å². The molecular formula is C13H24O5. The average Bonchev–Trinajstić information content (AvgIpc) is 2.27. The Morgan fingerprint density at radius 2 is 1.83 bits per heavy atom. The minimum atomic E-state index is -0.593. The van der Waals surface area contributed by atoms with Gasteiger partial charge in [-0.1, -0.05) is 27.4 Å². The highest BCUT2D eigenvalue weighted by Crippen LogP contribution is 2.23.